The van der Waals surface area contributed by atoms with Crippen LogP contribution in [0.25, 0.3) is 5.82 Å². The van der Waals surface area contributed by atoms with Crippen LogP contribution in [0, 0.1) is 6.85 Å². The van der Waals surface area contributed by atoms with E-state index in [1.54, 1.807) is 18.2 Å². The van der Waals surface area contributed by atoms with Crippen LogP contribution in [-0.4, -0.2) is 14.5 Å². The normalized spacial score (nSPS) is 16.8. The maximum Gasteiger partial charge on any atom is 0.139 e. The zero-order chi connectivity index (χ0) is 13.5. The lowest BCUT2D eigenvalue weighted by molar-refractivity contribution is 0.984. The molecule has 2 aromatic heterocycles. The van der Waals surface area contributed by atoms with Crippen LogP contribution in [0.5, 0.6) is 0 Å². The predicted molar refractivity (Wildman–Crippen MR) is 53.8 cm³/mol. The van der Waals surface area contributed by atoms with Crippen molar-refractivity contribution in [2.24, 2.45) is 0 Å². The van der Waals surface area contributed by atoms with Crippen LogP contribution in [0.2, 0.25) is 0 Å². The zero-order valence-electron chi connectivity index (χ0n) is 11.5. The van der Waals surface area contributed by atoms with Crippen molar-refractivity contribution in [2.75, 3.05) is 0 Å². The second-order valence-electron chi connectivity index (χ2n) is 2.33. The second kappa shape index (κ2) is 3.30. The van der Waals surface area contributed by atoms with Crippen molar-refractivity contribution >= 4 is 15.9 Å². The van der Waals surface area contributed by atoms with Gasteiger partial charge >= 0.3 is 0 Å². The number of aromatic nitrogens is 3. The van der Waals surface area contributed by atoms with Gasteiger partial charge in [-0.2, -0.15) is 0 Å². The van der Waals surface area contributed by atoms with Gasteiger partial charge in [0.2, 0.25) is 0 Å². The molecule has 13 heavy (non-hydrogen) atoms. The predicted octanol–water partition coefficient (Wildman–Crippen LogP) is 2.34. The van der Waals surface area contributed by atoms with Crippen molar-refractivity contribution in [3.63, 3.8) is 0 Å². The summed E-state index contributed by atoms with van der Waals surface area (Å²) in [5.41, 5.74) is -0.394. The van der Waals surface area contributed by atoms with Crippen molar-refractivity contribution < 1.29 is 6.85 Å². The summed E-state index contributed by atoms with van der Waals surface area (Å²) in [6, 6.07) is 4.95. The Labute approximate surface area is 91.6 Å². The Morgan fingerprint density at radius 1 is 1.62 bits per heavy atom. The summed E-state index contributed by atoms with van der Waals surface area (Å²) in [5.74, 6) is 0.280. The topological polar surface area (TPSA) is 30.7 Å². The fourth-order valence-electron chi connectivity index (χ4n) is 0.886. The minimum atomic E-state index is -2.51. The number of rotatable bonds is 1. The number of nitrogens with zero attached hydrogens (tertiary/aromatic N) is 3. The van der Waals surface area contributed by atoms with Crippen LogP contribution in [-0.2, 0) is 0 Å². The fraction of sp³-hybridized carbons (Fsp3) is 0.111. The first-order chi connectivity index (χ1) is 8.30. The molecular weight excluding hydrogens is 230 g/mol. The van der Waals surface area contributed by atoms with Crippen LogP contribution in [0.3, 0.4) is 0 Å². The Bertz CT molecular complexity index is 592. The monoisotopic (exact) mass is 242 g/mol. The van der Waals surface area contributed by atoms with Crippen LogP contribution in [0.4, 0.5) is 0 Å². The van der Waals surface area contributed by atoms with Crippen molar-refractivity contribution in [1.82, 2.24) is 14.5 Å². The second-order valence-corrected chi connectivity index (χ2v) is 3.14. The Balaban J connectivity index is 2.63. The van der Waals surface area contributed by atoms with Crippen LogP contribution in [0.1, 0.15) is 12.5 Å². The van der Waals surface area contributed by atoms with Gasteiger partial charge in [0.05, 0.1) is 7.06 Å². The van der Waals surface area contributed by atoms with E-state index in [1.807, 2.05) is 0 Å². The molecule has 0 aliphatic rings. The molecule has 0 amide bonds. The molecule has 0 spiro atoms. The summed E-state index contributed by atoms with van der Waals surface area (Å²) in [4.78, 5) is 7.69. The van der Waals surface area contributed by atoms with Crippen molar-refractivity contribution in [2.45, 2.75) is 6.85 Å². The van der Waals surface area contributed by atoms with Crippen LogP contribution in [0.15, 0.2) is 35.3 Å². The molecule has 2 rings (SSSR count). The molecule has 0 N–H and O–H groups in total. The van der Waals surface area contributed by atoms with Gasteiger partial charge < -0.3 is 0 Å². The number of hydrogen-bond acceptors (Lipinski definition) is 2. The van der Waals surface area contributed by atoms with E-state index in [9.17, 15) is 0 Å². The highest BCUT2D eigenvalue weighted by Gasteiger charge is 1.98. The molecule has 4 heteroatoms. The van der Waals surface area contributed by atoms with Gasteiger partial charge in [-0.15, -0.1) is 0 Å². The lowest BCUT2D eigenvalue weighted by atomic mass is 10.4. The van der Waals surface area contributed by atoms with E-state index in [-0.39, 0.29) is 18.3 Å². The van der Waals surface area contributed by atoms with Crippen molar-refractivity contribution in [3.8, 4) is 5.82 Å². The molecule has 0 aliphatic carbocycles. The zero-order valence-corrected chi connectivity index (χ0v) is 8.04. The molecule has 2 heterocycles. The van der Waals surface area contributed by atoms with Gasteiger partial charge in [-0.3, -0.25) is 4.57 Å². The molecule has 0 unspecified atom stereocenters. The third-order valence-corrected chi connectivity index (χ3v) is 1.85. The Hall–Kier alpha value is -1.16. The van der Waals surface area contributed by atoms with Gasteiger partial charge in [-0.1, -0.05) is 6.07 Å². The van der Waals surface area contributed by atoms with E-state index >= 15 is 0 Å². The fourth-order valence-corrected chi connectivity index (χ4v) is 1.22. The third kappa shape index (κ3) is 1.78. The number of pyridine rings is 1. The summed E-state index contributed by atoms with van der Waals surface area (Å²) in [7, 11) is 0. The summed E-state index contributed by atoms with van der Waals surface area (Å²) >= 11 is 3.18. The average molecular weight is 243 g/mol. The molecule has 2 aromatic rings. The van der Waals surface area contributed by atoms with Crippen LogP contribution < -0.4 is 0 Å². The first-order valence-corrected chi connectivity index (χ1v) is 4.29. The molecule has 0 saturated heterocycles. The van der Waals surface area contributed by atoms with Gasteiger partial charge in [0.25, 0.3) is 0 Å². The molecule has 0 atom stereocenters. The SMILES string of the molecule is [2H]c1nc(C([2H])([2H])[2H])c([2H])n1-c1cccc(Br)n1. The van der Waals surface area contributed by atoms with Crippen molar-refractivity contribution in [1.29, 1.82) is 0 Å². The van der Waals surface area contributed by atoms with Crippen molar-refractivity contribution in [3.05, 3.63) is 41.0 Å². The third-order valence-electron chi connectivity index (χ3n) is 1.41. The molecule has 0 fully saturated rings. The lowest BCUT2D eigenvalue weighted by Crippen LogP contribution is -1.93. The first-order valence-electron chi connectivity index (χ1n) is 6.00. The van der Waals surface area contributed by atoms with Crippen LogP contribution >= 0.6 is 15.9 Å². The molecule has 3 nitrogen and oxygen atoms in total. The highest BCUT2D eigenvalue weighted by Crippen LogP contribution is 2.10. The average Bonchev–Trinajstić information content (AvgIpc) is 2.54. The number of hydrogen-bond donors (Lipinski definition) is 0. The molecule has 0 aromatic carbocycles. The molecule has 0 saturated carbocycles. The minimum Gasteiger partial charge on any atom is -0.290 e. The molecule has 66 valence electrons. The molecule has 0 radical (unpaired) electrons. The smallest absolute Gasteiger partial charge is 0.139 e. The number of aryl methyl sites for hydroxylation is 1. The van der Waals surface area contributed by atoms with Gasteiger partial charge in [-0.05, 0) is 34.9 Å². The van der Waals surface area contributed by atoms with E-state index in [0.717, 1.165) is 4.57 Å². The largest absolute Gasteiger partial charge is 0.290 e. The van der Waals surface area contributed by atoms with E-state index < -0.39 is 12.5 Å². The number of halogens is 1. The van der Waals surface area contributed by atoms with E-state index in [0.29, 0.717) is 4.60 Å². The lowest BCUT2D eigenvalue weighted by Gasteiger charge is -1.99. The highest BCUT2D eigenvalue weighted by molar-refractivity contribution is 9.10. The van der Waals surface area contributed by atoms with Gasteiger partial charge in [0.15, 0.2) is 0 Å². The quantitative estimate of drug-likeness (QED) is 0.719. The maximum absolute atomic E-state index is 7.80. The first kappa shape index (κ1) is 4.37. The van der Waals surface area contributed by atoms with Gasteiger partial charge in [0.1, 0.15) is 18.1 Å². The highest BCUT2D eigenvalue weighted by atomic mass is 79.9. The minimum absolute atomic E-state index is 0.280. The van der Waals surface area contributed by atoms with E-state index in [4.69, 9.17) is 6.85 Å². The molecular formula is C9H8BrN3. The van der Waals surface area contributed by atoms with Gasteiger partial charge in [0, 0.05) is 10.3 Å². The Morgan fingerprint density at radius 2 is 2.54 bits per heavy atom. The van der Waals surface area contributed by atoms with Gasteiger partial charge in [-0.25, -0.2) is 9.97 Å². The Morgan fingerprint density at radius 3 is 3.23 bits per heavy atom. The molecule has 0 bridgehead atoms. The van der Waals surface area contributed by atoms with E-state index in [2.05, 4.69) is 25.9 Å². The molecule has 0 aliphatic heterocycles. The summed E-state index contributed by atoms with van der Waals surface area (Å²) < 4.78 is 38.8. The summed E-state index contributed by atoms with van der Waals surface area (Å²) in [6.07, 6.45) is -0.665. The standard InChI is InChI=1S/C9H8BrN3/c1-7-5-13(6-11-7)9-4-2-3-8(10)12-9/h2-6H,1H3/i1D3,5D,6D. The van der Waals surface area contributed by atoms with E-state index in [1.165, 1.54) is 0 Å². The Kier molecular flexibility index (Phi) is 1.11. The maximum atomic E-state index is 7.80. The number of imidazole rings is 1. The summed E-state index contributed by atoms with van der Waals surface area (Å²) in [5, 5.41) is 0. The summed E-state index contributed by atoms with van der Waals surface area (Å²) in [6.45, 7) is -2.51.